The molecule has 10 nitrogen and oxygen atoms in total. The number of ether oxygens (including phenoxy) is 3. The lowest BCUT2D eigenvalue weighted by atomic mass is 10.0. The van der Waals surface area contributed by atoms with Crippen LogP contribution in [0, 0.1) is 5.92 Å². The summed E-state index contributed by atoms with van der Waals surface area (Å²) in [5.41, 5.74) is 0.0806. The first-order valence-electron chi connectivity index (χ1n) is 10.4. The molecule has 11 heteroatoms. The maximum atomic E-state index is 12.8. The Labute approximate surface area is 188 Å². The van der Waals surface area contributed by atoms with Gasteiger partial charge in [-0.05, 0) is 38.0 Å². The second-order valence-corrected chi connectivity index (χ2v) is 9.82. The Morgan fingerprint density at radius 1 is 1.12 bits per heavy atom. The average Bonchev–Trinajstić information content (AvgIpc) is 2.75. The van der Waals surface area contributed by atoms with Crippen molar-refractivity contribution >= 4 is 27.9 Å². The van der Waals surface area contributed by atoms with Gasteiger partial charge in [0.2, 0.25) is 10.0 Å². The van der Waals surface area contributed by atoms with Crippen molar-refractivity contribution in [1.82, 2.24) is 9.62 Å². The van der Waals surface area contributed by atoms with Crippen molar-refractivity contribution in [2.75, 3.05) is 32.9 Å². The first-order valence-corrected chi connectivity index (χ1v) is 11.8. The zero-order valence-electron chi connectivity index (χ0n) is 18.7. The molecule has 1 aromatic carbocycles. The molecule has 1 amide bonds. The third-order valence-corrected chi connectivity index (χ3v) is 6.51. The van der Waals surface area contributed by atoms with Crippen molar-refractivity contribution in [1.29, 1.82) is 0 Å². The minimum absolute atomic E-state index is 0.0212. The van der Waals surface area contributed by atoms with Crippen LogP contribution >= 0.6 is 0 Å². The van der Waals surface area contributed by atoms with Gasteiger partial charge in [0.05, 0.1) is 24.2 Å². The minimum atomic E-state index is -3.78. The van der Waals surface area contributed by atoms with E-state index in [9.17, 15) is 22.8 Å². The number of sulfonamides is 1. The Morgan fingerprint density at radius 3 is 2.38 bits per heavy atom. The molecule has 0 aromatic heterocycles. The van der Waals surface area contributed by atoms with Crippen LogP contribution in [0.4, 0.5) is 0 Å². The van der Waals surface area contributed by atoms with E-state index in [-0.39, 0.29) is 35.6 Å². The van der Waals surface area contributed by atoms with Crippen LogP contribution in [-0.2, 0) is 33.8 Å². The van der Waals surface area contributed by atoms with Gasteiger partial charge in [0, 0.05) is 18.7 Å². The van der Waals surface area contributed by atoms with Crippen LogP contribution < -0.4 is 5.32 Å². The molecule has 0 unspecified atom stereocenters. The molecule has 1 aliphatic heterocycles. The maximum absolute atomic E-state index is 12.8. The van der Waals surface area contributed by atoms with Crippen LogP contribution in [0.2, 0.25) is 0 Å². The number of hydrogen-bond donors (Lipinski definition) is 1. The van der Waals surface area contributed by atoms with E-state index in [2.05, 4.69) is 5.32 Å². The van der Waals surface area contributed by atoms with Gasteiger partial charge in [0.15, 0.2) is 6.61 Å². The van der Waals surface area contributed by atoms with Gasteiger partial charge in [0.1, 0.15) is 6.04 Å². The number of nitrogens with one attached hydrogen (secondary N) is 1. The SMILES string of the molecule is CC(C)OC(=O)COC(=O)[C@@H](NC(=O)c1cccc(S(=O)(=O)N2CCOCC2)c1)C(C)C. The molecule has 32 heavy (non-hydrogen) atoms. The van der Waals surface area contributed by atoms with Crippen LogP contribution in [0.25, 0.3) is 0 Å². The number of carbonyl (C=O) groups excluding carboxylic acids is 3. The predicted octanol–water partition coefficient (Wildman–Crippen LogP) is 0.957. The summed E-state index contributed by atoms with van der Waals surface area (Å²) in [6.07, 6.45) is -0.345. The van der Waals surface area contributed by atoms with E-state index < -0.39 is 40.5 Å². The maximum Gasteiger partial charge on any atom is 0.344 e. The number of benzene rings is 1. The molecule has 0 spiro atoms. The molecule has 1 heterocycles. The van der Waals surface area contributed by atoms with Crippen LogP contribution in [-0.4, -0.2) is 75.6 Å². The molecular weight excluding hydrogens is 440 g/mol. The first-order chi connectivity index (χ1) is 15.0. The third-order valence-electron chi connectivity index (χ3n) is 4.61. The lowest BCUT2D eigenvalue weighted by Crippen LogP contribution is -2.46. The van der Waals surface area contributed by atoms with Crippen LogP contribution in [0.5, 0.6) is 0 Å². The smallest absolute Gasteiger partial charge is 0.344 e. The topological polar surface area (TPSA) is 128 Å². The van der Waals surface area contributed by atoms with Gasteiger partial charge >= 0.3 is 11.9 Å². The highest BCUT2D eigenvalue weighted by molar-refractivity contribution is 7.89. The molecule has 1 aromatic rings. The molecule has 178 valence electrons. The highest BCUT2D eigenvalue weighted by Gasteiger charge is 2.29. The zero-order chi connectivity index (χ0) is 23.9. The fraction of sp³-hybridized carbons (Fsp3) is 0.571. The number of amides is 1. The van der Waals surface area contributed by atoms with E-state index in [1.165, 1.54) is 28.6 Å². The van der Waals surface area contributed by atoms with Crippen LogP contribution in [0.1, 0.15) is 38.1 Å². The van der Waals surface area contributed by atoms with Crippen molar-refractivity contribution in [3.63, 3.8) is 0 Å². The van der Waals surface area contributed by atoms with E-state index in [4.69, 9.17) is 14.2 Å². The van der Waals surface area contributed by atoms with Gasteiger partial charge in [-0.1, -0.05) is 19.9 Å². The van der Waals surface area contributed by atoms with Crippen molar-refractivity contribution in [2.24, 2.45) is 5.92 Å². The summed E-state index contributed by atoms with van der Waals surface area (Å²) in [5, 5.41) is 2.56. The van der Waals surface area contributed by atoms with E-state index in [1.54, 1.807) is 27.7 Å². The van der Waals surface area contributed by atoms with Gasteiger partial charge in [-0.3, -0.25) is 4.79 Å². The number of hydrogen-bond acceptors (Lipinski definition) is 8. The molecule has 1 fully saturated rings. The molecule has 1 aliphatic rings. The van der Waals surface area contributed by atoms with Gasteiger partial charge in [-0.15, -0.1) is 0 Å². The second kappa shape index (κ2) is 11.4. The largest absolute Gasteiger partial charge is 0.460 e. The fourth-order valence-electron chi connectivity index (χ4n) is 2.97. The quantitative estimate of drug-likeness (QED) is 0.529. The zero-order valence-corrected chi connectivity index (χ0v) is 19.5. The first kappa shape index (κ1) is 25.8. The van der Waals surface area contributed by atoms with Crippen LogP contribution in [0.3, 0.4) is 0 Å². The van der Waals surface area contributed by atoms with E-state index >= 15 is 0 Å². The monoisotopic (exact) mass is 470 g/mol. The Balaban J connectivity index is 2.09. The molecule has 0 bridgehead atoms. The molecule has 1 saturated heterocycles. The van der Waals surface area contributed by atoms with Gasteiger partial charge < -0.3 is 19.5 Å². The third kappa shape index (κ3) is 7.01. The second-order valence-electron chi connectivity index (χ2n) is 7.89. The fourth-order valence-corrected chi connectivity index (χ4v) is 4.43. The Bertz CT molecular complexity index is 923. The average molecular weight is 471 g/mol. The molecule has 0 radical (unpaired) electrons. The molecule has 1 N–H and O–H groups in total. The van der Waals surface area contributed by atoms with Crippen molar-refractivity contribution in [2.45, 2.75) is 44.7 Å². The molecule has 0 aliphatic carbocycles. The number of esters is 2. The summed E-state index contributed by atoms with van der Waals surface area (Å²) in [5.74, 6) is -2.45. The standard InChI is InChI=1S/C21H30N2O8S/c1-14(2)19(21(26)30-13-18(24)31-15(3)4)22-20(25)16-6-5-7-17(12-16)32(27,28)23-8-10-29-11-9-23/h5-7,12,14-15,19H,8-11,13H2,1-4H3,(H,22,25)/t19-/m0/s1. The van der Waals surface area contributed by atoms with E-state index in [1.807, 2.05) is 0 Å². The van der Waals surface area contributed by atoms with E-state index in [0.29, 0.717) is 13.2 Å². The summed E-state index contributed by atoms with van der Waals surface area (Å²) >= 11 is 0. The minimum Gasteiger partial charge on any atom is -0.460 e. The lowest BCUT2D eigenvalue weighted by molar-refractivity contribution is -0.162. The van der Waals surface area contributed by atoms with Crippen molar-refractivity contribution in [3.8, 4) is 0 Å². The molecular formula is C21H30N2O8S. The number of carbonyl (C=O) groups is 3. The number of nitrogens with zero attached hydrogens (tertiary/aromatic N) is 1. The Hall–Kier alpha value is -2.50. The highest BCUT2D eigenvalue weighted by atomic mass is 32.2. The summed E-state index contributed by atoms with van der Waals surface area (Å²) in [6, 6.07) is 4.57. The summed E-state index contributed by atoms with van der Waals surface area (Å²) < 4.78 is 42.1. The number of rotatable bonds is 9. The van der Waals surface area contributed by atoms with Gasteiger partial charge in [0.25, 0.3) is 5.91 Å². The highest BCUT2D eigenvalue weighted by Crippen LogP contribution is 2.19. The molecule has 2 rings (SSSR count). The molecule has 1 atom stereocenters. The summed E-state index contributed by atoms with van der Waals surface area (Å²) in [6.45, 7) is 7.27. The Morgan fingerprint density at radius 2 is 1.78 bits per heavy atom. The van der Waals surface area contributed by atoms with Crippen molar-refractivity contribution < 1.29 is 37.0 Å². The number of morpholine rings is 1. The summed E-state index contributed by atoms with van der Waals surface area (Å²) in [4.78, 5) is 36.8. The summed E-state index contributed by atoms with van der Waals surface area (Å²) in [7, 11) is -3.78. The molecule has 0 saturated carbocycles. The van der Waals surface area contributed by atoms with E-state index in [0.717, 1.165) is 0 Å². The van der Waals surface area contributed by atoms with Gasteiger partial charge in [-0.25, -0.2) is 18.0 Å². The van der Waals surface area contributed by atoms with Crippen LogP contribution in [0.15, 0.2) is 29.2 Å². The lowest BCUT2D eigenvalue weighted by Gasteiger charge is -2.26. The van der Waals surface area contributed by atoms with Gasteiger partial charge in [-0.2, -0.15) is 4.31 Å². The van der Waals surface area contributed by atoms with Crippen molar-refractivity contribution in [3.05, 3.63) is 29.8 Å². The normalized spacial score (nSPS) is 15.9. The predicted molar refractivity (Wildman–Crippen MR) is 114 cm³/mol. The Kier molecular flexibility index (Phi) is 9.17.